The van der Waals surface area contributed by atoms with E-state index in [-0.39, 0.29) is 36.4 Å². The predicted octanol–water partition coefficient (Wildman–Crippen LogP) is 8.79. The Morgan fingerprint density at radius 2 is 1.07 bits per heavy atom. The van der Waals surface area contributed by atoms with Crippen molar-refractivity contribution < 1.29 is 19.5 Å². The molecule has 0 saturated heterocycles. The monoisotopic (exact) mass is 576 g/mol. The normalized spacial score (nSPS) is 13.7. The van der Waals surface area contributed by atoms with Crippen LogP contribution in [0.15, 0.2) is 30.3 Å². The Hall–Kier alpha value is -4.58. The molecular formula is C37H40N2O4. The highest BCUT2D eigenvalue weighted by Gasteiger charge is 2.41. The Labute approximate surface area is 254 Å². The first-order valence-corrected chi connectivity index (χ1v) is 14.4. The van der Waals surface area contributed by atoms with Gasteiger partial charge in [0.25, 0.3) is 11.8 Å². The molecule has 1 N–H and O–H groups in total. The smallest absolute Gasteiger partial charge is 0.266 e. The number of anilines is 1. The average molecular weight is 577 g/mol. The zero-order valence-electron chi connectivity index (χ0n) is 26.0. The summed E-state index contributed by atoms with van der Waals surface area (Å²) in [6.07, 6.45) is 0. The third kappa shape index (κ3) is 4.15. The molecule has 6 heteroatoms. The maximum Gasteiger partial charge on any atom is 0.266 e. The van der Waals surface area contributed by atoms with E-state index in [1.807, 2.05) is 75.3 Å². The van der Waals surface area contributed by atoms with Gasteiger partial charge >= 0.3 is 0 Å². The van der Waals surface area contributed by atoms with Gasteiger partial charge in [-0.3, -0.25) is 14.4 Å². The minimum absolute atomic E-state index is 0. The number of aliphatic hydroxyl groups is 1. The van der Waals surface area contributed by atoms with Crippen LogP contribution in [0.1, 0.15) is 108 Å². The van der Waals surface area contributed by atoms with E-state index in [1.165, 1.54) is 4.90 Å². The van der Waals surface area contributed by atoms with Gasteiger partial charge in [0, 0.05) is 16.5 Å². The molecule has 4 aromatic rings. The van der Waals surface area contributed by atoms with Gasteiger partial charge in [-0.1, -0.05) is 39.5 Å². The van der Waals surface area contributed by atoms with Crippen molar-refractivity contribution in [3.8, 4) is 0 Å². The van der Waals surface area contributed by atoms with Gasteiger partial charge in [-0.25, -0.2) is 9.88 Å². The van der Waals surface area contributed by atoms with Crippen LogP contribution in [0.3, 0.4) is 0 Å². The van der Waals surface area contributed by atoms with Gasteiger partial charge in [0.1, 0.15) is 5.76 Å². The number of amides is 2. The standard InChI is InChI=1S/C34H30N2O4.C2H6.CH4/c1-14-15(2)19(6)26-25(18(14)5)31(37)29(32(26)38)23-13-12-22-10-9-11-24(30(22)35-23)36-33(39)27-20(7)16(3)17(4)21(8)28(27)34(36)40;1-2;/h9-13,37H,1-8H3;1-2H3;1H4. The number of Topliss-reactive ketones (excluding diaryl/α,β-unsaturated/α-hetero) is 1. The molecular weight excluding hydrogens is 536 g/mol. The Morgan fingerprint density at radius 1 is 0.605 bits per heavy atom. The van der Waals surface area contributed by atoms with Crippen LogP contribution < -0.4 is 4.90 Å². The number of fused-ring (bicyclic) bond motifs is 3. The van der Waals surface area contributed by atoms with E-state index in [9.17, 15) is 19.5 Å². The molecule has 0 unspecified atom stereocenters. The lowest BCUT2D eigenvalue weighted by Gasteiger charge is -2.17. The number of carbonyl (C=O) groups excluding carboxylic acids is 3. The quantitative estimate of drug-likeness (QED) is 0.241. The van der Waals surface area contributed by atoms with E-state index in [2.05, 4.69) is 0 Å². The van der Waals surface area contributed by atoms with Crippen LogP contribution in [-0.2, 0) is 0 Å². The van der Waals surface area contributed by atoms with Crippen molar-refractivity contribution in [3.63, 3.8) is 0 Å². The maximum absolute atomic E-state index is 13.8. The number of rotatable bonds is 2. The van der Waals surface area contributed by atoms with Crippen LogP contribution in [0.2, 0.25) is 0 Å². The molecule has 0 fully saturated rings. The molecule has 222 valence electrons. The Morgan fingerprint density at radius 3 is 1.58 bits per heavy atom. The number of aromatic nitrogens is 1. The van der Waals surface area contributed by atoms with Crippen molar-refractivity contribution in [1.29, 1.82) is 0 Å². The molecule has 2 amide bonds. The fourth-order valence-electron chi connectivity index (χ4n) is 6.32. The number of nitrogens with zero attached hydrogens (tertiary/aromatic N) is 2. The number of benzene rings is 3. The number of allylic oxidation sites excluding steroid dienone is 1. The number of hydrogen-bond donors (Lipinski definition) is 1. The SMILES string of the molecule is C.CC.Cc1c(C)c(C)c2c(c1C)C(=O)C(c1ccc3cccc(N4C(=O)c5c(C)c(C)c(C)c(C)c5C4=O)c3n1)=C2O. The first kappa shape index (κ1) is 31.4. The van der Waals surface area contributed by atoms with E-state index in [0.29, 0.717) is 44.5 Å². The molecule has 6 nitrogen and oxygen atoms in total. The lowest BCUT2D eigenvalue weighted by molar-refractivity contribution is 0.0925. The molecule has 2 heterocycles. The first-order chi connectivity index (χ1) is 19.9. The van der Waals surface area contributed by atoms with Crippen LogP contribution in [0.5, 0.6) is 0 Å². The van der Waals surface area contributed by atoms with Crippen molar-refractivity contribution in [2.75, 3.05) is 4.90 Å². The number of pyridine rings is 1. The van der Waals surface area contributed by atoms with Gasteiger partial charge in [-0.2, -0.15) is 0 Å². The lowest BCUT2D eigenvalue weighted by atomic mass is 9.89. The zero-order valence-corrected chi connectivity index (χ0v) is 26.0. The average Bonchev–Trinajstić information content (AvgIpc) is 3.41. The summed E-state index contributed by atoms with van der Waals surface area (Å²) >= 11 is 0. The topological polar surface area (TPSA) is 87.6 Å². The highest BCUT2D eigenvalue weighted by atomic mass is 16.3. The highest BCUT2D eigenvalue weighted by molar-refractivity contribution is 6.40. The Bertz CT molecular complexity index is 1900. The third-order valence-corrected chi connectivity index (χ3v) is 9.33. The zero-order chi connectivity index (χ0) is 30.9. The van der Waals surface area contributed by atoms with Crippen molar-refractivity contribution in [3.05, 3.63) is 103 Å². The fraction of sp³-hybridized carbons (Fsp3) is 0.297. The molecule has 2 aliphatic rings. The number of hydrogen-bond acceptors (Lipinski definition) is 5. The molecule has 0 bridgehead atoms. The highest BCUT2D eigenvalue weighted by Crippen LogP contribution is 2.43. The molecule has 1 aliphatic heterocycles. The molecule has 0 saturated carbocycles. The van der Waals surface area contributed by atoms with Gasteiger partial charge in [0.2, 0.25) is 0 Å². The molecule has 0 spiro atoms. The van der Waals surface area contributed by atoms with Gasteiger partial charge in [-0.15, -0.1) is 0 Å². The number of para-hydroxylation sites is 1. The predicted molar refractivity (Wildman–Crippen MR) is 176 cm³/mol. The van der Waals surface area contributed by atoms with Gasteiger partial charge in [0.15, 0.2) is 5.78 Å². The van der Waals surface area contributed by atoms with Gasteiger partial charge in [0.05, 0.1) is 33.6 Å². The second-order valence-corrected chi connectivity index (χ2v) is 11.0. The Balaban J connectivity index is 0.00000138. The Kier molecular flexibility index (Phi) is 7.96. The van der Waals surface area contributed by atoms with E-state index in [0.717, 1.165) is 44.5 Å². The van der Waals surface area contributed by atoms with Gasteiger partial charge < -0.3 is 5.11 Å². The van der Waals surface area contributed by atoms with Crippen molar-refractivity contribution in [2.24, 2.45) is 0 Å². The summed E-state index contributed by atoms with van der Waals surface area (Å²) in [5, 5.41) is 12.1. The maximum atomic E-state index is 13.8. The third-order valence-electron chi connectivity index (χ3n) is 9.33. The summed E-state index contributed by atoms with van der Waals surface area (Å²) in [6, 6.07) is 8.83. The summed E-state index contributed by atoms with van der Waals surface area (Å²) < 4.78 is 0. The van der Waals surface area contributed by atoms with E-state index in [1.54, 1.807) is 24.3 Å². The van der Waals surface area contributed by atoms with Crippen molar-refractivity contribution in [2.45, 2.75) is 76.7 Å². The summed E-state index contributed by atoms with van der Waals surface area (Å²) in [5.74, 6) is -1.14. The number of carbonyl (C=O) groups is 3. The molecule has 6 rings (SSSR count). The fourth-order valence-corrected chi connectivity index (χ4v) is 6.32. The first-order valence-electron chi connectivity index (χ1n) is 14.4. The van der Waals surface area contributed by atoms with Crippen LogP contribution >= 0.6 is 0 Å². The van der Waals surface area contributed by atoms with Crippen molar-refractivity contribution >= 4 is 45.5 Å². The lowest BCUT2D eigenvalue weighted by Crippen LogP contribution is -2.30. The minimum atomic E-state index is -0.382. The number of imide groups is 1. The van der Waals surface area contributed by atoms with Crippen LogP contribution in [-0.4, -0.2) is 27.7 Å². The van der Waals surface area contributed by atoms with Crippen LogP contribution in [0.25, 0.3) is 22.2 Å². The summed E-state index contributed by atoms with van der Waals surface area (Å²) in [6.45, 7) is 19.5. The van der Waals surface area contributed by atoms with Crippen LogP contribution in [0.4, 0.5) is 5.69 Å². The molecule has 0 atom stereocenters. The second-order valence-electron chi connectivity index (χ2n) is 11.0. The van der Waals surface area contributed by atoms with Crippen molar-refractivity contribution in [1.82, 2.24) is 4.98 Å². The summed E-state index contributed by atoms with van der Waals surface area (Å²) in [7, 11) is 0. The number of aliphatic hydroxyl groups excluding tert-OH is 1. The van der Waals surface area contributed by atoms with E-state index >= 15 is 0 Å². The van der Waals surface area contributed by atoms with E-state index in [4.69, 9.17) is 4.98 Å². The molecule has 43 heavy (non-hydrogen) atoms. The molecule has 0 radical (unpaired) electrons. The summed E-state index contributed by atoms with van der Waals surface area (Å²) in [4.78, 5) is 47.3. The summed E-state index contributed by atoms with van der Waals surface area (Å²) in [5.41, 5.74) is 10.4. The molecule has 1 aromatic heterocycles. The van der Waals surface area contributed by atoms with E-state index < -0.39 is 0 Å². The number of ketones is 1. The van der Waals surface area contributed by atoms with Crippen LogP contribution in [0, 0.1) is 55.4 Å². The largest absolute Gasteiger partial charge is 0.506 e. The molecule has 1 aliphatic carbocycles. The van der Waals surface area contributed by atoms with Gasteiger partial charge in [-0.05, 0) is 112 Å². The molecule has 3 aromatic carbocycles. The minimum Gasteiger partial charge on any atom is -0.506 e. The second kappa shape index (κ2) is 10.9.